The Morgan fingerprint density at radius 3 is 1.75 bits per heavy atom. The van der Waals surface area contributed by atoms with Crippen molar-refractivity contribution in [2.75, 3.05) is 14.7 Å². The average Bonchev–Trinajstić information content (AvgIpc) is 3.52. The van der Waals surface area contributed by atoms with Gasteiger partial charge < -0.3 is 14.7 Å². The van der Waals surface area contributed by atoms with E-state index in [1.807, 2.05) is 0 Å². The van der Waals surface area contributed by atoms with E-state index in [-0.39, 0.29) is 23.2 Å². The van der Waals surface area contributed by atoms with Crippen molar-refractivity contribution in [3.63, 3.8) is 0 Å². The number of hydrogen-bond donors (Lipinski definition) is 0. The van der Waals surface area contributed by atoms with Gasteiger partial charge in [0.1, 0.15) is 0 Å². The van der Waals surface area contributed by atoms with E-state index in [1.165, 1.54) is 118 Å². The minimum Gasteiger partial charge on any atom is -0.335 e. The van der Waals surface area contributed by atoms with Gasteiger partial charge in [0.15, 0.2) is 8.07 Å². The summed E-state index contributed by atoms with van der Waals surface area (Å²) in [6, 6.07) is 64.9. The van der Waals surface area contributed by atoms with Crippen molar-refractivity contribution in [1.29, 1.82) is 0 Å². The standard InChI is InChI=1S/C59H52BN3Si/c1-56-30-14-15-31-57(56,2)62(46-25-13-12-24-45(46)56)42-34-49-53-50(35-42)63(58-36-39-32-38-33-40(37-58)59(38,39)58)48-27-17-29-52-55(48)60(53)54-47(61(49)41-18-6-3-7-19-41)26-16-28-51(54)64(52,43-20-8-4-9-21-43)44-22-10-5-11-23-44/h3-13,16-29,34-35,38-40H,14-15,30-33,36-37H2,1-2H3. The van der Waals surface area contributed by atoms with Crippen molar-refractivity contribution in [2.24, 2.45) is 23.2 Å². The van der Waals surface area contributed by atoms with E-state index >= 15 is 0 Å². The van der Waals surface area contributed by atoms with Crippen LogP contribution in [-0.4, -0.2) is 25.9 Å². The monoisotopic (exact) mass is 841 g/mol. The summed E-state index contributed by atoms with van der Waals surface area (Å²) in [5.41, 5.74) is 16.6. The maximum Gasteiger partial charge on any atom is 0.251 e. The molecular weight excluding hydrogens is 790 g/mol. The van der Waals surface area contributed by atoms with Crippen LogP contribution in [0.1, 0.15) is 70.8 Å². The molecule has 0 bridgehead atoms. The summed E-state index contributed by atoms with van der Waals surface area (Å²) in [5.74, 6) is 2.68. The quantitative estimate of drug-likeness (QED) is 0.160. The average molecular weight is 842 g/mol. The van der Waals surface area contributed by atoms with Crippen LogP contribution >= 0.6 is 0 Å². The molecule has 5 saturated carbocycles. The van der Waals surface area contributed by atoms with Crippen LogP contribution in [0.3, 0.4) is 0 Å². The first-order valence-electron chi connectivity index (χ1n) is 24.6. The lowest BCUT2D eigenvalue weighted by Crippen LogP contribution is -2.94. The Hall–Kier alpha value is -5.78. The third kappa shape index (κ3) is 3.60. The molecular formula is C59H52BN3Si. The van der Waals surface area contributed by atoms with Crippen LogP contribution < -0.4 is 51.8 Å². The van der Waals surface area contributed by atoms with E-state index < -0.39 is 8.07 Å². The fourth-order valence-electron chi connectivity index (χ4n) is 17.8. The molecule has 5 fully saturated rings. The van der Waals surface area contributed by atoms with E-state index in [1.54, 1.807) is 15.8 Å². The second kappa shape index (κ2) is 11.5. The molecule has 7 aromatic rings. The van der Waals surface area contributed by atoms with Crippen LogP contribution in [-0.2, 0) is 5.41 Å². The fourth-order valence-corrected chi connectivity index (χ4v) is 23.1. The highest BCUT2D eigenvalue weighted by Gasteiger charge is 2.89. The maximum atomic E-state index is 3.09. The summed E-state index contributed by atoms with van der Waals surface area (Å²) in [6.07, 6.45) is 10.6. The zero-order valence-corrected chi connectivity index (χ0v) is 37.9. The van der Waals surface area contributed by atoms with Crippen LogP contribution in [0.15, 0.2) is 164 Å². The lowest BCUT2D eigenvalue weighted by atomic mass is 9.15. The zero-order chi connectivity index (χ0) is 42.0. The van der Waals surface area contributed by atoms with E-state index in [2.05, 4.69) is 192 Å². The predicted molar refractivity (Wildman–Crippen MR) is 268 cm³/mol. The molecule has 4 heterocycles. The molecule has 5 aliphatic carbocycles. The highest BCUT2D eigenvalue weighted by Crippen LogP contribution is 2.91. The van der Waals surface area contributed by atoms with E-state index in [4.69, 9.17) is 0 Å². The number of hydrogen-bond acceptors (Lipinski definition) is 3. The topological polar surface area (TPSA) is 9.72 Å². The van der Waals surface area contributed by atoms with E-state index in [0.29, 0.717) is 5.41 Å². The summed E-state index contributed by atoms with van der Waals surface area (Å²) in [4.78, 5) is 8.66. The molecule has 9 aliphatic rings. The first kappa shape index (κ1) is 35.6. The molecule has 0 aromatic heterocycles. The molecule has 0 N–H and O–H groups in total. The van der Waals surface area contributed by atoms with Crippen LogP contribution in [0.5, 0.6) is 0 Å². The molecule has 4 atom stereocenters. The van der Waals surface area contributed by atoms with Crippen LogP contribution in [0, 0.1) is 23.2 Å². The van der Waals surface area contributed by atoms with Gasteiger partial charge in [0.2, 0.25) is 0 Å². The summed E-state index contributed by atoms with van der Waals surface area (Å²) in [6.45, 7) is 5.35. The summed E-state index contributed by atoms with van der Waals surface area (Å²) < 4.78 is 0. The molecule has 7 aromatic carbocycles. The molecule has 4 unspecified atom stereocenters. The highest BCUT2D eigenvalue weighted by atomic mass is 28.3. The number of benzene rings is 7. The number of nitrogens with zero attached hydrogens (tertiary/aromatic N) is 3. The Morgan fingerprint density at radius 2 is 1.08 bits per heavy atom. The zero-order valence-electron chi connectivity index (χ0n) is 36.9. The maximum absolute atomic E-state index is 3.09. The third-order valence-corrected chi connectivity index (χ3v) is 25.1. The van der Waals surface area contributed by atoms with Crippen molar-refractivity contribution in [3.05, 3.63) is 169 Å². The lowest BCUT2D eigenvalue weighted by molar-refractivity contribution is -0.385. The van der Waals surface area contributed by atoms with Crippen molar-refractivity contribution < 1.29 is 0 Å². The molecule has 5 heteroatoms. The van der Waals surface area contributed by atoms with Gasteiger partial charge in [0.05, 0.1) is 11.1 Å². The van der Waals surface area contributed by atoms with Crippen molar-refractivity contribution in [2.45, 2.75) is 81.7 Å². The van der Waals surface area contributed by atoms with Crippen molar-refractivity contribution >= 4 is 91.7 Å². The third-order valence-electron chi connectivity index (χ3n) is 20.2. The van der Waals surface area contributed by atoms with Gasteiger partial charge in [-0.2, -0.15) is 0 Å². The fraction of sp³-hybridized carbons (Fsp3) is 0.288. The molecule has 0 saturated heterocycles. The van der Waals surface area contributed by atoms with E-state index in [0.717, 1.165) is 17.8 Å². The Morgan fingerprint density at radius 1 is 0.500 bits per heavy atom. The predicted octanol–water partition coefficient (Wildman–Crippen LogP) is 9.06. The van der Waals surface area contributed by atoms with Gasteiger partial charge in [-0.15, -0.1) is 0 Å². The lowest BCUT2D eigenvalue weighted by Gasteiger charge is -2.92. The van der Waals surface area contributed by atoms with Gasteiger partial charge in [-0.25, -0.2) is 0 Å². The highest BCUT2D eigenvalue weighted by molar-refractivity contribution is 7.27. The second-order valence-electron chi connectivity index (χ2n) is 21.9. The van der Waals surface area contributed by atoms with Gasteiger partial charge in [0, 0.05) is 50.6 Å². The molecule has 0 amide bonds. The van der Waals surface area contributed by atoms with Crippen LogP contribution in [0.4, 0.5) is 39.8 Å². The molecule has 310 valence electrons. The summed E-state index contributed by atoms with van der Waals surface area (Å²) in [7, 11) is -2.86. The van der Waals surface area contributed by atoms with Gasteiger partial charge in [-0.05, 0) is 148 Å². The van der Waals surface area contributed by atoms with Gasteiger partial charge in [-0.1, -0.05) is 141 Å². The van der Waals surface area contributed by atoms with Crippen LogP contribution in [0.2, 0.25) is 0 Å². The Kier molecular flexibility index (Phi) is 6.41. The first-order valence-corrected chi connectivity index (χ1v) is 26.6. The summed E-state index contributed by atoms with van der Waals surface area (Å²) in [5, 5.41) is 6.09. The minimum atomic E-state index is -2.86. The number of fused-ring (bicyclic) bond motifs is 3. The minimum absolute atomic E-state index is 0.0354. The Labute approximate surface area is 378 Å². The van der Waals surface area contributed by atoms with Gasteiger partial charge >= 0.3 is 0 Å². The number of anilines is 7. The van der Waals surface area contributed by atoms with Crippen molar-refractivity contribution in [1.82, 2.24) is 0 Å². The normalized spacial score (nSPS) is 31.5. The molecule has 3 nitrogen and oxygen atoms in total. The molecule has 0 radical (unpaired) electrons. The Balaban J connectivity index is 1.06. The number of para-hydroxylation sites is 2. The smallest absolute Gasteiger partial charge is 0.251 e. The molecule has 64 heavy (non-hydrogen) atoms. The van der Waals surface area contributed by atoms with Crippen LogP contribution in [0.25, 0.3) is 0 Å². The van der Waals surface area contributed by atoms with Gasteiger partial charge in [0.25, 0.3) is 6.71 Å². The molecule has 16 rings (SSSR count). The van der Waals surface area contributed by atoms with Crippen molar-refractivity contribution in [3.8, 4) is 0 Å². The van der Waals surface area contributed by atoms with E-state index in [9.17, 15) is 0 Å². The number of rotatable bonds is 5. The SMILES string of the molecule is CC12CCCCC1(C)N(c1cc3c4c(c1)N(C15CC6CC7CC(C1)C765)c1cccc5c1B4c1c(cccc1[Si]5(c1ccccc1)c1ccccc1)N3c1ccccc1)c1ccccc12. The second-order valence-corrected chi connectivity index (χ2v) is 25.6. The Bertz CT molecular complexity index is 3120. The molecule has 4 aliphatic heterocycles. The summed E-state index contributed by atoms with van der Waals surface area (Å²) >= 11 is 0. The first-order chi connectivity index (χ1) is 31.4. The van der Waals surface area contributed by atoms with Gasteiger partial charge in [-0.3, -0.25) is 0 Å². The largest absolute Gasteiger partial charge is 0.335 e. The molecule has 1 spiro atoms.